The summed E-state index contributed by atoms with van der Waals surface area (Å²) in [7, 11) is 0. The molecule has 0 saturated heterocycles. The fourth-order valence-electron chi connectivity index (χ4n) is 2.44. The highest BCUT2D eigenvalue weighted by atomic mass is 32.1. The predicted octanol–water partition coefficient (Wildman–Crippen LogP) is 4.63. The molecule has 0 aliphatic heterocycles. The van der Waals surface area contributed by atoms with Gasteiger partial charge in [0.15, 0.2) is 10.9 Å². The van der Waals surface area contributed by atoms with Crippen molar-refractivity contribution in [3.63, 3.8) is 0 Å². The van der Waals surface area contributed by atoms with E-state index >= 15 is 0 Å². The summed E-state index contributed by atoms with van der Waals surface area (Å²) in [5, 5.41) is 5.09. The number of rotatable bonds is 6. The minimum absolute atomic E-state index is 0.209. The standard InChI is InChI=1S/C20H15N3O3S/c24-19(23-20-22-17(13-27-20)16-8-4-5-10-21-16)18-14(9-11-25-18)12-26-15-6-2-1-3-7-15/h1-11,13H,12H2,(H,22,23,24). The summed E-state index contributed by atoms with van der Waals surface area (Å²) >= 11 is 1.33. The Hall–Kier alpha value is -3.45. The first-order valence-corrected chi connectivity index (χ1v) is 9.10. The summed E-state index contributed by atoms with van der Waals surface area (Å²) in [5.41, 5.74) is 2.13. The van der Waals surface area contributed by atoms with E-state index in [0.29, 0.717) is 16.4 Å². The average Bonchev–Trinajstić information content (AvgIpc) is 3.37. The zero-order chi connectivity index (χ0) is 18.5. The Morgan fingerprint density at radius 3 is 2.74 bits per heavy atom. The van der Waals surface area contributed by atoms with Crippen molar-refractivity contribution in [2.45, 2.75) is 6.61 Å². The van der Waals surface area contributed by atoms with Crippen LogP contribution in [0, 0.1) is 0 Å². The van der Waals surface area contributed by atoms with Crippen molar-refractivity contribution in [3.05, 3.63) is 83.8 Å². The number of hydrogen-bond acceptors (Lipinski definition) is 6. The van der Waals surface area contributed by atoms with Crippen LogP contribution in [-0.4, -0.2) is 15.9 Å². The molecule has 7 heteroatoms. The molecule has 0 fully saturated rings. The number of para-hydroxylation sites is 1. The highest BCUT2D eigenvalue weighted by molar-refractivity contribution is 7.14. The van der Waals surface area contributed by atoms with Crippen molar-refractivity contribution in [2.24, 2.45) is 0 Å². The molecule has 6 nitrogen and oxygen atoms in total. The summed E-state index contributed by atoms with van der Waals surface area (Å²) in [6.45, 7) is 0.236. The fourth-order valence-corrected chi connectivity index (χ4v) is 3.14. The number of benzene rings is 1. The van der Waals surface area contributed by atoms with Gasteiger partial charge in [0.2, 0.25) is 0 Å². The normalized spacial score (nSPS) is 10.5. The molecule has 1 aromatic carbocycles. The Kier molecular flexibility index (Phi) is 4.93. The van der Waals surface area contributed by atoms with Crippen molar-refractivity contribution in [1.82, 2.24) is 9.97 Å². The smallest absolute Gasteiger partial charge is 0.293 e. The van der Waals surface area contributed by atoms with Gasteiger partial charge in [0.25, 0.3) is 5.91 Å². The summed E-state index contributed by atoms with van der Waals surface area (Å²) in [4.78, 5) is 21.2. The minimum atomic E-state index is -0.367. The molecule has 4 rings (SSSR count). The number of hydrogen-bond donors (Lipinski definition) is 1. The number of nitrogens with zero attached hydrogens (tertiary/aromatic N) is 2. The third kappa shape index (κ3) is 4.04. The number of ether oxygens (including phenoxy) is 1. The van der Waals surface area contributed by atoms with E-state index in [-0.39, 0.29) is 18.3 Å². The lowest BCUT2D eigenvalue weighted by atomic mass is 10.2. The topological polar surface area (TPSA) is 77.3 Å². The van der Waals surface area contributed by atoms with E-state index in [4.69, 9.17) is 9.15 Å². The van der Waals surface area contributed by atoms with Crippen molar-refractivity contribution in [1.29, 1.82) is 0 Å². The zero-order valence-electron chi connectivity index (χ0n) is 14.2. The molecule has 134 valence electrons. The Labute approximate surface area is 159 Å². The van der Waals surface area contributed by atoms with E-state index in [2.05, 4.69) is 15.3 Å². The highest BCUT2D eigenvalue weighted by Gasteiger charge is 2.18. The Morgan fingerprint density at radius 1 is 1.07 bits per heavy atom. The zero-order valence-corrected chi connectivity index (χ0v) is 15.0. The second-order valence-corrected chi connectivity index (χ2v) is 6.44. The first-order chi connectivity index (χ1) is 13.3. The van der Waals surface area contributed by atoms with E-state index < -0.39 is 0 Å². The molecule has 4 aromatic rings. The summed E-state index contributed by atoms with van der Waals surface area (Å²) in [5.74, 6) is 0.569. The highest BCUT2D eigenvalue weighted by Crippen LogP contribution is 2.24. The molecule has 1 amide bonds. The molecular formula is C20H15N3O3S. The first kappa shape index (κ1) is 17.0. The quantitative estimate of drug-likeness (QED) is 0.530. The molecule has 0 aliphatic carbocycles. The van der Waals surface area contributed by atoms with Gasteiger partial charge in [0.1, 0.15) is 18.1 Å². The van der Waals surface area contributed by atoms with Gasteiger partial charge in [-0.05, 0) is 30.3 Å². The molecule has 0 saturated carbocycles. The number of anilines is 1. The van der Waals surface area contributed by atoms with E-state index in [0.717, 1.165) is 11.4 Å². The van der Waals surface area contributed by atoms with E-state index in [1.807, 2.05) is 53.9 Å². The Morgan fingerprint density at radius 2 is 1.93 bits per heavy atom. The van der Waals surface area contributed by atoms with Crippen LogP contribution in [0.5, 0.6) is 5.75 Å². The maximum absolute atomic E-state index is 12.5. The second-order valence-electron chi connectivity index (χ2n) is 5.58. The first-order valence-electron chi connectivity index (χ1n) is 8.22. The van der Waals surface area contributed by atoms with Gasteiger partial charge < -0.3 is 9.15 Å². The van der Waals surface area contributed by atoms with Crippen LogP contribution in [0.25, 0.3) is 11.4 Å². The number of amides is 1. The summed E-state index contributed by atoms with van der Waals surface area (Å²) in [6, 6.07) is 16.7. The monoisotopic (exact) mass is 377 g/mol. The van der Waals surface area contributed by atoms with Crippen LogP contribution in [0.15, 0.2) is 76.9 Å². The molecule has 0 aliphatic rings. The predicted molar refractivity (Wildman–Crippen MR) is 103 cm³/mol. The lowest BCUT2D eigenvalue weighted by molar-refractivity contribution is 0.0993. The van der Waals surface area contributed by atoms with Gasteiger partial charge in [-0.2, -0.15) is 0 Å². The number of pyridine rings is 1. The van der Waals surface area contributed by atoms with E-state index in [9.17, 15) is 4.79 Å². The summed E-state index contributed by atoms with van der Waals surface area (Å²) in [6.07, 6.45) is 3.18. The van der Waals surface area contributed by atoms with Gasteiger partial charge in [0, 0.05) is 17.1 Å². The number of carbonyl (C=O) groups is 1. The number of carbonyl (C=O) groups excluding carboxylic acids is 1. The molecule has 0 bridgehead atoms. The lowest BCUT2D eigenvalue weighted by Gasteiger charge is -2.06. The largest absolute Gasteiger partial charge is 0.489 e. The van der Waals surface area contributed by atoms with Gasteiger partial charge in [-0.1, -0.05) is 24.3 Å². The van der Waals surface area contributed by atoms with Crippen molar-refractivity contribution >= 4 is 22.4 Å². The van der Waals surface area contributed by atoms with Crippen LogP contribution in [0.1, 0.15) is 16.1 Å². The Bertz CT molecular complexity index is 1030. The van der Waals surface area contributed by atoms with Crippen LogP contribution >= 0.6 is 11.3 Å². The molecule has 0 unspecified atom stereocenters. The molecule has 0 radical (unpaired) electrons. The SMILES string of the molecule is O=C(Nc1nc(-c2ccccn2)cs1)c1occc1COc1ccccc1. The van der Waals surface area contributed by atoms with Crippen LogP contribution in [0.2, 0.25) is 0 Å². The van der Waals surface area contributed by atoms with Gasteiger partial charge in [-0.25, -0.2) is 4.98 Å². The number of aromatic nitrogens is 2. The van der Waals surface area contributed by atoms with Gasteiger partial charge in [-0.3, -0.25) is 15.1 Å². The number of furan rings is 1. The molecule has 0 atom stereocenters. The Balaban J connectivity index is 1.43. The maximum atomic E-state index is 12.5. The van der Waals surface area contributed by atoms with Crippen molar-refractivity contribution < 1.29 is 13.9 Å². The molecule has 0 spiro atoms. The van der Waals surface area contributed by atoms with Crippen LogP contribution < -0.4 is 10.1 Å². The second kappa shape index (κ2) is 7.84. The molecular weight excluding hydrogens is 362 g/mol. The van der Waals surface area contributed by atoms with Crippen LogP contribution in [0.3, 0.4) is 0 Å². The fraction of sp³-hybridized carbons (Fsp3) is 0.0500. The number of nitrogens with one attached hydrogen (secondary N) is 1. The van der Waals surface area contributed by atoms with E-state index in [1.165, 1.54) is 17.6 Å². The van der Waals surface area contributed by atoms with Gasteiger partial charge in [-0.15, -0.1) is 11.3 Å². The molecule has 27 heavy (non-hydrogen) atoms. The van der Waals surface area contributed by atoms with Gasteiger partial charge in [0.05, 0.1) is 12.0 Å². The number of thiazole rings is 1. The lowest BCUT2D eigenvalue weighted by Crippen LogP contribution is -2.13. The summed E-state index contributed by atoms with van der Waals surface area (Å²) < 4.78 is 11.0. The van der Waals surface area contributed by atoms with Crippen molar-refractivity contribution in [2.75, 3.05) is 5.32 Å². The van der Waals surface area contributed by atoms with Crippen molar-refractivity contribution in [3.8, 4) is 17.1 Å². The van der Waals surface area contributed by atoms with Crippen LogP contribution in [0.4, 0.5) is 5.13 Å². The molecule has 1 N–H and O–H groups in total. The molecule has 3 heterocycles. The molecule has 3 aromatic heterocycles. The third-order valence-corrected chi connectivity index (χ3v) is 4.50. The maximum Gasteiger partial charge on any atom is 0.293 e. The minimum Gasteiger partial charge on any atom is -0.489 e. The average molecular weight is 377 g/mol. The van der Waals surface area contributed by atoms with E-state index in [1.54, 1.807) is 12.3 Å². The van der Waals surface area contributed by atoms with Crippen LogP contribution in [-0.2, 0) is 6.61 Å². The van der Waals surface area contributed by atoms with Gasteiger partial charge >= 0.3 is 0 Å². The third-order valence-electron chi connectivity index (χ3n) is 3.74.